The standard InChI is InChI=1S/C29H29F3N6O3/c1-38(2)14-13-34-28(40)25-18-35-27(37-25)24-17-23(11-12-33-24)41-22-8-3-5-19(15-22)9-10-26(39)36-21-7-4-6-20(16-21)29(30,31)32/h3-12,15-17,25H,13-14,18H2,1-2H3,(H,34,40)(H,35,37)(H,36,39). The van der Waals surface area contributed by atoms with Gasteiger partial charge >= 0.3 is 6.18 Å². The number of nitrogens with one attached hydrogen (secondary N) is 3. The molecule has 0 radical (unpaired) electrons. The van der Waals surface area contributed by atoms with Crippen molar-refractivity contribution in [1.82, 2.24) is 20.5 Å². The van der Waals surface area contributed by atoms with Gasteiger partial charge in [0.15, 0.2) is 0 Å². The lowest BCUT2D eigenvalue weighted by Gasteiger charge is -2.14. The highest BCUT2D eigenvalue weighted by molar-refractivity contribution is 6.02. The number of aromatic nitrogens is 1. The highest BCUT2D eigenvalue weighted by Gasteiger charge is 2.30. The van der Waals surface area contributed by atoms with Gasteiger partial charge in [-0.2, -0.15) is 13.2 Å². The first-order valence-electron chi connectivity index (χ1n) is 12.7. The Morgan fingerprint density at radius 1 is 1.10 bits per heavy atom. The Kier molecular flexibility index (Phi) is 9.35. The summed E-state index contributed by atoms with van der Waals surface area (Å²) in [5.74, 6) is 0.755. The summed E-state index contributed by atoms with van der Waals surface area (Å²) >= 11 is 0. The van der Waals surface area contributed by atoms with Gasteiger partial charge in [-0.25, -0.2) is 0 Å². The number of anilines is 1. The predicted molar refractivity (Wildman–Crippen MR) is 150 cm³/mol. The normalized spacial score (nSPS) is 15.0. The van der Waals surface area contributed by atoms with E-state index in [9.17, 15) is 22.8 Å². The molecule has 3 aromatic rings. The minimum Gasteiger partial charge on any atom is -0.457 e. The predicted octanol–water partition coefficient (Wildman–Crippen LogP) is 3.94. The summed E-state index contributed by atoms with van der Waals surface area (Å²) in [7, 11) is 3.86. The van der Waals surface area contributed by atoms with Gasteiger partial charge in [-0.3, -0.25) is 19.6 Å². The molecule has 1 aliphatic heterocycles. The van der Waals surface area contributed by atoms with Gasteiger partial charge in [0.25, 0.3) is 0 Å². The molecule has 4 rings (SSSR count). The van der Waals surface area contributed by atoms with Gasteiger partial charge in [0.1, 0.15) is 29.1 Å². The molecule has 2 heterocycles. The summed E-state index contributed by atoms with van der Waals surface area (Å²) in [6.07, 6.45) is -0.185. The van der Waals surface area contributed by atoms with E-state index < -0.39 is 23.7 Å². The minimum atomic E-state index is -4.50. The Bertz CT molecular complexity index is 1460. The topological polar surface area (TPSA) is 108 Å². The van der Waals surface area contributed by atoms with Crippen LogP contribution in [0.2, 0.25) is 0 Å². The molecular weight excluding hydrogens is 537 g/mol. The van der Waals surface area contributed by atoms with Crippen LogP contribution in [0, 0.1) is 0 Å². The van der Waals surface area contributed by atoms with Gasteiger partial charge in [0.05, 0.1) is 12.1 Å². The Balaban J connectivity index is 1.34. The number of nitrogens with zero attached hydrogens (tertiary/aromatic N) is 3. The molecule has 1 unspecified atom stereocenters. The van der Waals surface area contributed by atoms with Gasteiger partial charge < -0.3 is 25.6 Å². The number of ether oxygens (including phenoxy) is 1. The molecule has 0 fully saturated rings. The van der Waals surface area contributed by atoms with Crippen LogP contribution in [0.15, 0.2) is 77.9 Å². The average molecular weight is 567 g/mol. The molecule has 1 aromatic heterocycles. The SMILES string of the molecule is CN(C)CCNC(=O)C1CN=C(c2cc(Oc3cccc(C=CC(=O)Nc4cccc(C(F)(F)F)c4)c3)ccn2)N1. The summed E-state index contributed by atoms with van der Waals surface area (Å²) in [6.45, 7) is 1.57. The monoisotopic (exact) mass is 566 g/mol. The lowest BCUT2D eigenvalue weighted by molar-refractivity contribution is -0.137. The fourth-order valence-corrected chi connectivity index (χ4v) is 3.82. The van der Waals surface area contributed by atoms with Gasteiger partial charge in [0, 0.05) is 37.1 Å². The van der Waals surface area contributed by atoms with Crippen LogP contribution in [0.1, 0.15) is 16.8 Å². The van der Waals surface area contributed by atoms with E-state index >= 15 is 0 Å². The molecule has 0 bridgehead atoms. The first-order valence-corrected chi connectivity index (χ1v) is 12.7. The van der Waals surface area contributed by atoms with Crippen LogP contribution in [0.25, 0.3) is 6.08 Å². The number of likely N-dealkylation sites (N-methyl/N-ethyl adjacent to an activating group) is 1. The maximum absolute atomic E-state index is 12.9. The van der Waals surface area contributed by atoms with Crippen molar-refractivity contribution in [1.29, 1.82) is 0 Å². The summed E-state index contributed by atoms with van der Waals surface area (Å²) in [6, 6.07) is 14.2. The fraction of sp³-hybridized carbons (Fsp3) is 0.241. The van der Waals surface area contributed by atoms with Crippen molar-refractivity contribution in [2.75, 3.05) is 39.0 Å². The van der Waals surface area contributed by atoms with E-state index in [4.69, 9.17) is 4.74 Å². The van der Waals surface area contributed by atoms with Crippen molar-refractivity contribution in [3.05, 3.63) is 89.8 Å². The molecule has 1 atom stereocenters. The van der Waals surface area contributed by atoms with Gasteiger partial charge in [-0.05, 0) is 62.1 Å². The average Bonchev–Trinajstić information content (AvgIpc) is 3.43. The Hall–Kier alpha value is -4.71. The van der Waals surface area contributed by atoms with Crippen LogP contribution in [0.5, 0.6) is 11.5 Å². The van der Waals surface area contributed by atoms with Crippen LogP contribution in [0.4, 0.5) is 18.9 Å². The molecule has 9 nitrogen and oxygen atoms in total. The van der Waals surface area contributed by atoms with Crippen molar-refractivity contribution in [2.45, 2.75) is 12.2 Å². The number of rotatable bonds is 10. The number of carbonyl (C=O) groups excluding carboxylic acids is 2. The first kappa shape index (κ1) is 29.3. The Morgan fingerprint density at radius 3 is 2.66 bits per heavy atom. The summed E-state index contributed by atoms with van der Waals surface area (Å²) < 4.78 is 44.7. The lowest BCUT2D eigenvalue weighted by atomic mass is 10.2. The quantitative estimate of drug-likeness (QED) is 0.321. The first-order chi connectivity index (χ1) is 19.6. The number of hydrogen-bond acceptors (Lipinski definition) is 7. The van der Waals surface area contributed by atoms with Crippen molar-refractivity contribution < 1.29 is 27.5 Å². The van der Waals surface area contributed by atoms with Crippen LogP contribution >= 0.6 is 0 Å². The number of alkyl halides is 3. The van der Waals surface area contributed by atoms with E-state index in [-0.39, 0.29) is 11.6 Å². The van der Waals surface area contributed by atoms with Crippen LogP contribution in [-0.4, -0.2) is 67.3 Å². The number of amidine groups is 1. The van der Waals surface area contributed by atoms with Crippen LogP contribution < -0.4 is 20.7 Å². The van der Waals surface area contributed by atoms with E-state index in [2.05, 4.69) is 25.9 Å². The zero-order valence-corrected chi connectivity index (χ0v) is 22.4. The second-order valence-electron chi connectivity index (χ2n) is 9.43. The number of amides is 2. The fourth-order valence-electron chi connectivity index (χ4n) is 3.82. The number of pyridine rings is 1. The molecule has 41 heavy (non-hydrogen) atoms. The van der Waals surface area contributed by atoms with Gasteiger partial charge in [-0.15, -0.1) is 0 Å². The molecule has 214 valence electrons. The number of halogens is 3. The van der Waals surface area contributed by atoms with Gasteiger partial charge in [0.2, 0.25) is 11.8 Å². The number of carbonyl (C=O) groups is 2. The molecule has 3 N–H and O–H groups in total. The Labute approximate surface area is 235 Å². The largest absolute Gasteiger partial charge is 0.457 e. The van der Waals surface area contributed by atoms with Crippen LogP contribution in [-0.2, 0) is 15.8 Å². The molecule has 0 saturated carbocycles. The van der Waals surface area contributed by atoms with E-state index in [1.807, 2.05) is 19.0 Å². The van der Waals surface area contributed by atoms with Crippen molar-refractivity contribution in [3.63, 3.8) is 0 Å². The summed E-state index contributed by atoms with van der Waals surface area (Å²) in [5, 5.41) is 8.41. The zero-order chi connectivity index (χ0) is 29.4. The van der Waals surface area contributed by atoms with Crippen molar-refractivity contribution >= 4 is 29.4 Å². The molecule has 1 aliphatic rings. The molecule has 0 aliphatic carbocycles. The van der Waals surface area contributed by atoms with E-state index in [1.54, 1.807) is 42.6 Å². The summed E-state index contributed by atoms with van der Waals surface area (Å²) in [4.78, 5) is 35.4. The highest BCUT2D eigenvalue weighted by atomic mass is 19.4. The molecule has 12 heteroatoms. The third kappa shape index (κ3) is 8.64. The smallest absolute Gasteiger partial charge is 0.416 e. The third-order valence-electron chi connectivity index (χ3n) is 5.87. The zero-order valence-electron chi connectivity index (χ0n) is 22.4. The van der Waals surface area contributed by atoms with Gasteiger partial charge in [-0.1, -0.05) is 18.2 Å². The molecule has 0 spiro atoms. The lowest BCUT2D eigenvalue weighted by Crippen LogP contribution is -2.46. The van der Waals surface area contributed by atoms with Crippen LogP contribution in [0.3, 0.4) is 0 Å². The Morgan fingerprint density at radius 2 is 1.88 bits per heavy atom. The number of benzene rings is 2. The van der Waals surface area contributed by atoms with E-state index in [1.165, 1.54) is 24.3 Å². The van der Waals surface area contributed by atoms with E-state index in [0.717, 1.165) is 18.7 Å². The molecule has 2 amide bonds. The molecule has 0 saturated heterocycles. The maximum atomic E-state index is 12.9. The number of aliphatic imine (C=N–C) groups is 1. The highest BCUT2D eigenvalue weighted by Crippen LogP contribution is 2.30. The third-order valence-corrected chi connectivity index (χ3v) is 5.87. The van der Waals surface area contributed by atoms with Crippen molar-refractivity contribution in [3.8, 4) is 11.5 Å². The van der Waals surface area contributed by atoms with E-state index in [0.29, 0.717) is 41.7 Å². The second-order valence-corrected chi connectivity index (χ2v) is 9.43. The molecule has 2 aromatic carbocycles. The maximum Gasteiger partial charge on any atom is 0.416 e. The number of hydrogen-bond donors (Lipinski definition) is 3. The minimum absolute atomic E-state index is 0.0395. The van der Waals surface area contributed by atoms with Crippen molar-refractivity contribution in [2.24, 2.45) is 4.99 Å². The second kappa shape index (κ2) is 13.1. The molecular formula is C29H29F3N6O3. The summed E-state index contributed by atoms with van der Waals surface area (Å²) in [5.41, 5.74) is 0.354.